The Morgan fingerprint density at radius 1 is 1.59 bits per heavy atom. The Hall–Kier alpha value is -0.170. The number of rotatable bonds is 6. The van der Waals surface area contributed by atoms with Gasteiger partial charge in [0.15, 0.2) is 0 Å². The van der Waals surface area contributed by atoms with Crippen molar-refractivity contribution in [3.63, 3.8) is 0 Å². The highest BCUT2D eigenvalue weighted by Gasteiger charge is 2.23. The Bertz CT molecular complexity index is 474. The van der Waals surface area contributed by atoms with Crippen LogP contribution in [0.1, 0.15) is 18.4 Å². The summed E-state index contributed by atoms with van der Waals surface area (Å²) in [5, 5.41) is 0. The van der Waals surface area contributed by atoms with Gasteiger partial charge in [-0.3, -0.25) is 0 Å². The molecule has 3 nitrogen and oxygen atoms in total. The van der Waals surface area contributed by atoms with Crippen molar-refractivity contribution in [1.82, 2.24) is 4.31 Å². The third kappa shape index (κ3) is 3.64. The predicted molar refractivity (Wildman–Crippen MR) is 76.0 cm³/mol. The van der Waals surface area contributed by atoms with E-state index in [2.05, 4.69) is 22.5 Å². The maximum Gasteiger partial charge on any atom is 0.252 e. The molecule has 1 rings (SSSR count). The van der Waals surface area contributed by atoms with Crippen molar-refractivity contribution in [2.24, 2.45) is 0 Å². The van der Waals surface area contributed by atoms with E-state index in [0.29, 0.717) is 10.8 Å². The highest BCUT2D eigenvalue weighted by molar-refractivity contribution is 9.11. The molecule has 0 amide bonds. The highest BCUT2D eigenvalue weighted by atomic mass is 79.9. The lowest BCUT2D eigenvalue weighted by atomic mass is 10.3. The van der Waals surface area contributed by atoms with Gasteiger partial charge >= 0.3 is 0 Å². The summed E-state index contributed by atoms with van der Waals surface area (Å²) in [5.41, 5.74) is 0.952. The zero-order valence-electron chi connectivity index (χ0n) is 9.94. The molecule has 0 aromatic carbocycles. The number of aryl methyl sites for hydroxylation is 1. The smallest absolute Gasteiger partial charge is 0.206 e. The maximum absolute atomic E-state index is 12.2. The summed E-state index contributed by atoms with van der Waals surface area (Å²) in [6.45, 7) is 6.02. The van der Waals surface area contributed by atoms with Crippen LogP contribution >= 0.6 is 27.3 Å². The number of thiophene rings is 1. The molecule has 96 valence electrons. The first-order valence-corrected chi connectivity index (χ1v) is 8.27. The number of hydrogen-bond acceptors (Lipinski definition) is 3. The van der Waals surface area contributed by atoms with Crippen LogP contribution in [0.5, 0.6) is 0 Å². The van der Waals surface area contributed by atoms with Crippen LogP contribution in [-0.2, 0) is 10.0 Å². The van der Waals surface area contributed by atoms with Gasteiger partial charge < -0.3 is 0 Å². The summed E-state index contributed by atoms with van der Waals surface area (Å²) in [6, 6.07) is 1.70. The second kappa shape index (κ2) is 6.13. The number of hydrogen-bond donors (Lipinski definition) is 0. The van der Waals surface area contributed by atoms with Crippen molar-refractivity contribution in [1.29, 1.82) is 0 Å². The molecule has 0 saturated heterocycles. The van der Waals surface area contributed by atoms with E-state index in [4.69, 9.17) is 0 Å². The van der Waals surface area contributed by atoms with Gasteiger partial charge in [0.1, 0.15) is 4.21 Å². The fourth-order valence-electron chi connectivity index (χ4n) is 1.29. The van der Waals surface area contributed by atoms with E-state index in [9.17, 15) is 8.42 Å². The molecule has 0 aliphatic rings. The summed E-state index contributed by atoms with van der Waals surface area (Å²) in [7, 11) is -1.72. The third-order valence-corrected chi connectivity index (χ3v) is 6.82. The van der Waals surface area contributed by atoms with Crippen LogP contribution in [0.4, 0.5) is 0 Å². The van der Waals surface area contributed by atoms with E-state index in [-0.39, 0.29) is 0 Å². The summed E-state index contributed by atoms with van der Waals surface area (Å²) in [5.74, 6) is 0. The van der Waals surface area contributed by atoms with Crippen LogP contribution in [0.15, 0.2) is 26.7 Å². The lowest BCUT2D eigenvalue weighted by Crippen LogP contribution is -2.27. The molecule has 0 unspecified atom stereocenters. The van der Waals surface area contributed by atoms with Crippen molar-refractivity contribution in [2.75, 3.05) is 13.6 Å². The highest BCUT2D eigenvalue weighted by Crippen LogP contribution is 2.31. The molecule has 0 saturated carbocycles. The number of sulfonamides is 1. The fourth-order valence-corrected chi connectivity index (χ4v) is 4.94. The SMILES string of the molecule is C=CCCCN(C)S(=O)(=O)c1cc(C)c(Br)s1. The van der Waals surface area contributed by atoms with Gasteiger partial charge in [0, 0.05) is 13.6 Å². The van der Waals surface area contributed by atoms with Gasteiger partial charge in [0.2, 0.25) is 0 Å². The minimum atomic E-state index is -3.33. The number of nitrogens with zero attached hydrogens (tertiary/aromatic N) is 1. The lowest BCUT2D eigenvalue weighted by molar-refractivity contribution is 0.464. The zero-order chi connectivity index (χ0) is 13.1. The Balaban J connectivity index is 2.83. The summed E-state index contributed by atoms with van der Waals surface area (Å²) < 4.78 is 27.0. The molecule has 0 radical (unpaired) electrons. The van der Waals surface area contributed by atoms with E-state index in [1.54, 1.807) is 19.2 Å². The largest absolute Gasteiger partial charge is 0.252 e. The molecule has 1 aromatic heterocycles. The average molecular weight is 338 g/mol. The Morgan fingerprint density at radius 2 is 2.24 bits per heavy atom. The Morgan fingerprint density at radius 3 is 2.71 bits per heavy atom. The van der Waals surface area contributed by atoms with Crippen LogP contribution in [0.2, 0.25) is 0 Å². The van der Waals surface area contributed by atoms with Crippen molar-refractivity contribution >= 4 is 37.3 Å². The first-order valence-electron chi connectivity index (χ1n) is 5.22. The molecular formula is C11H16BrNO2S2. The van der Waals surface area contributed by atoms with Gasteiger partial charge in [0.25, 0.3) is 10.0 Å². The third-order valence-electron chi connectivity index (χ3n) is 2.38. The molecular weight excluding hydrogens is 322 g/mol. The first-order chi connectivity index (χ1) is 7.89. The van der Waals surface area contributed by atoms with Crippen LogP contribution in [0.25, 0.3) is 0 Å². The second-order valence-electron chi connectivity index (χ2n) is 3.78. The maximum atomic E-state index is 12.2. The van der Waals surface area contributed by atoms with E-state index >= 15 is 0 Å². The fraction of sp³-hybridized carbons (Fsp3) is 0.455. The number of unbranched alkanes of at least 4 members (excludes halogenated alkanes) is 1. The van der Waals surface area contributed by atoms with Crippen LogP contribution in [0, 0.1) is 6.92 Å². The summed E-state index contributed by atoms with van der Waals surface area (Å²) >= 11 is 4.60. The van der Waals surface area contributed by atoms with Crippen LogP contribution in [0.3, 0.4) is 0 Å². The lowest BCUT2D eigenvalue weighted by Gasteiger charge is -2.15. The summed E-state index contributed by atoms with van der Waals surface area (Å²) in [6.07, 6.45) is 3.42. The number of allylic oxidation sites excluding steroid dienone is 1. The Labute approximate surface area is 115 Å². The molecule has 0 fully saturated rings. The van der Waals surface area contributed by atoms with E-state index in [0.717, 1.165) is 22.2 Å². The van der Waals surface area contributed by atoms with Crippen molar-refractivity contribution in [2.45, 2.75) is 24.0 Å². The van der Waals surface area contributed by atoms with Gasteiger partial charge in [-0.05, 0) is 47.3 Å². The van der Waals surface area contributed by atoms with Gasteiger partial charge in [-0.2, -0.15) is 0 Å². The molecule has 0 spiro atoms. The molecule has 0 aliphatic carbocycles. The first kappa shape index (κ1) is 14.9. The van der Waals surface area contributed by atoms with E-state index < -0.39 is 10.0 Å². The second-order valence-corrected chi connectivity index (χ2v) is 8.42. The molecule has 1 aromatic rings. The number of halogens is 1. The van der Waals surface area contributed by atoms with Gasteiger partial charge in [-0.25, -0.2) is 12.7 Å². The van der Waals surface area contributed by atoms with Crippen LogP contribution in [-0.4, -0.2) is 26.3 Å². The molecule has 0 aliphatic heterocycles. The van der Waals surface area contributed by atoms with Crippen molar-refractivity contribution in [3.8, 4) is 0 Å². The van der Waals surface area contributed by atoms with Crippen LogP contribution < -0.4 is 0 Å². The van der Waals surface area contributed by atoms with Gasteiger partial charge in [0.05, 0.1) is 3.79 Å². The molecule has 17 heavy (non-hydrogen) atoms. The molecule has 0 atom stereocenters. The molecule has 0 N–H and O–H groups in total. The normalized spacial score (nSPS) is 12.0. The summed E-state index contributed by atoms with van der Waals surface area (Å²) in [4.78, 5) is 0. The van der Waals surface area contributed by atoms with E-state index in [1.807, 2.05) is 6.92 Å². The quantitative estimate of drug-likeness (QED) is 0.589. The molecule has 0 bridgehead atoms. The molecule has 6 heteroatoms. The minimum absolute atomic E-state index is 0.392. The standard InChI is InChI=1S/C11H16BrNO2S2/c1-4-5-6-7-13(3)17(14,15)10-8-9(2)11(12)16-10/h4,8H,1,5-7H2,2-3H3. The van der Waals surface area contributed by atoms with Gasteiger partial charge in [-0.15, -0.1) is 17.9 Å². The predicted octanol–water partition coefficient (Wildman–Crippen LogP) is 3.41. The van der Waals surface area contributed by atoms with Gasteiger partial charge in [-0.1, -0.05) is 6.08 Å². The average Bonchev–Trinajstić information content (AvgIpc) is 2.60. The van der Waals surface area contributed by atoms with Crippen molar-refractivity contribution in [3.05, 3.63) is 28.1 Å². The monoisotopic (exact) mass is 337 g/mol. The van der Waals surface area contributed by atoms with Crippen molar-refractivity contribution < 1.29 is 8.42 Å². The Kier molecular flexibility index (Phi) is 5.37. The molecule has 1 heterocycles. The van der Waals surface area contributed by atoms with E-state index in [1.165, 1.54) is 15.6 Å². The minimum Gasteiger partial charge on any atom is -0.206 e. The zero-order valence-corrected chi connectivity index (χ0v) is 13.2. The topological polar surface area (TPSA) is 37.4 Å².